The number of nitrogens with one attached hydrogen (secondary N) is 1. The number of para-hydroxylation sites is 1. The Balaban J connectivity index is 2.15. The van der Waals surface area contributed by atoms with E-state index >= 15 is 0 Å². The zero-order chi connectivity index (χ0) is 17.7. The van der Waals surface area contributed by atoms with Gasteiger partial charge in [0.25, 0.3) is 5.91 Å². The second-order valence-electron chi connectivity index (χ2n) is 6.42. The predicted molar refractivity (Wildman–Crippen MR) is 103 cm³/mol. The highest BCUT2D eigenvalue weighted by Crippen LogP contribution is 2.28. The molecule has 24 heavy (non-hydrogen) atoms. The maximum Gasteiger partial charge on any atom is 0.267 e. The summed E-state index contributed by atoms with van der Waals surface area (Å²) in [6, 6.07) is 15.4. The Morgan fingerprint density at radius 3 is 2.42 bits per heavy atom. The quantitative estimate of drug-likeness (QED) is 0.681. The lowest BCUT2D eigenvalue weighted by Crippen LogP contribution is -2.42. The van der Waals surface area contributed by atoms with Gasteiger partial charge in [-0.1, -0.05) is 48.0 Å². The lowest BCUT2D eigenvalue weighted by Gasteiger charge is -2.26. The molecule has 0 saturated heterocycles. The summed E-state index contributed by atoms with van der Waals surface area (Å²) in [6.07, 6.45) is 1.02. The van der Waals surface area contributed by atoms with Crippen molar-refractivity contribution in [3.63, 3.8) is 0 Å². The highest BCUT2D eigenvalue weighted by molar-refractivity contribution is 9.10. The highest BCUT2D eigenvalue weighted by Gasteiger charge is 2.30. The zero-order valence-electron chi connectivity index (χ0n) is 14.6. The third-order valence-electron chi connectivity index (χ3n) is 4.09. The van der Waals surface area contributed by atoms with Gasteiger partial charge in [-0.3, -0.25) is 4.79 Å². The second-order valence-corrected chi connectivity index (χ2v) is 7.33. The normalized spacial score (nSPS) is 12.5. The molecule has 0 aliphatic carbocycles. The maximum absolute atomic E-state index is 12.7. The molecule has 0 heterocycles. The number of halogens is 1. The summed E-state index contributed by atoms with van der Waals surface area (Å²) in [7, 11) is 0. The van der Waals surface area contributed by atoms with Gasteiger partial charge in [0.1, 0.15) is 5.75 Å². The topological polar surface area (TPSA) is 38.3 Å². The molecule has 0 fully saturated rings. The average Bonchev–Trinajstić information content (AvgIpc) is 2.56. The van der Waals surface area contributed by atoms with Crippen LogP contribution in [0.25, 0.3) is 0 Å². The molecule has 1 amide bonds. The number of amides is 1. The first-order valence-corrected chi connectivity index (χ1v) is 8.97. The molecule has 0 aliphatic rings. The smallest absolute Gasteiger partial charge is 0.267 e. The van der Waals surface area contributed by atoms with Crippen LogP contribution in [0.1, 0.15) is 45.6 Å². The molecule has 0 spiro atoms. The number of carbonyl (C=O) groups is 1. The van der Waals surface area contributed by atoms with Crippen molar-refractivity contribution in [2.24, 2.45) is 0 Å². The van der Waals surface area contributed by atoms with Gasteiger partial charge in [0.05, 0.1) is 0 Å². The molecule has 0 radical (unpaired) electrons. The van der Waals surface area contributed by atoms with Crippen LogP contribution in [-0.2, 0) is 4.79 Å². The van der Waals surface area contributed by atoms with Gasteiger partial charge in [-0.15, -0.1) is 0 Å². The van der Waals surface area contributed by atoms with Gasteiger partial charge in [-0.2, -0.15) is 0 Å². The van der Waals surface area contributed by atoms with Crippen LogP contribution in [0.2, 0.25) is 0 Å². The van der Waals surface area contributed by atoms with Gasteiger partial charge in [0, 0.05) is 10.2 Å². The van der Waals surface area contributed by atoms with Crippen molar-refractivity contribution in [1.29, 1.82) is 0 Å². The first-order valence-electron chi connectivity index (χ1n) is 8.18. The number of rotatable bonds is 6. The molecule has 4 heteroatoms. The average molecular weight is 390 g/mol. The Morgan fingerprint density at radius 1 is 1.17 bits per heavy atom. The van der Waals surface area contributed by atoms with Crippen LogP contribution in [0.4, 0.5) is 5.69 Å². The number of hydrogen-bond donors (Lipinski definition) is 1. The van der Waals surface area contributed by atoms with Crippen molar-refractivity contribution in [1.82, 2.24) is 0 Å². The van der Waals surface area contributed by atoms with Gasteiger partial charge in [-0.05, 0) is 62.1 Å². The van der Waals surface area contributed by atoms with Crippen LogP contribution in [0, 0.1) is 0 Å². The summed E-state index contributed by atoms with van der Waals surface area (Å²) in [6.45, 7) is 7.85. The van der Waals surface area contributed by atoms with Crippen molar-refractivity contribution in [3.05, 3.63) is 58.6 Å². The molecule has 1 atom stereocenters. The van der Waals surface area contributed by atoms with E-state index < -0.39 is 5.60 Å². The Hall–Kier alpha value is -1.81. The fourth-order valence-electron chi connectivity index (χ4n) is 2.38. The molecule has 128 valence electrons. The summed E-state index contributed by atoms with van der Waals surface area (Å²) in [5, 5.41) is 3.02. The molecular weight excluding hydrogens is 366 g/mol. The Kier molecular flexibility index (Phi) is 6.05. The third-order valence-corrected chi connectivity index (χ3v) is 4.61. The van der Waals surface area contributed by atoms with Gasteiger partial charge >= 0.3 is 0 Å². The lowest BCUT2D eigenvalue weighted by molar-refractivity contribution is -0.128. The van der Waals surface area contributed by atoms with Crippen LogP contribution >= 0.6 is 15.9 Å². The van der Waals surface area contributed by atoms with E-state index in [1.807, 2.05) is 42.5 Å². The Morgan fingerprint density at radius 2 is 1.79 bits per heavy atom. The summed E-state index contributed by atoms with van der Waals surface area (Å²) >= 11 is 3.39. The van der Waals surface area contributed by atoms with Crippen molar-refractivity contribution in [3.8, 4) is 5.75 Å². The minimum atomic E-state index is -0.976. The molecule has 2 aromatic carbocycles. The van der Waals surface area contributed by atoms with E-state index in [0.717, 1.165) is 22.1 Å². The van der Waals surface area contributed by atoms with E-state index in [0.29, 0.717) is 11.7 Å². The minimum Gasteiger partial charge on any atom is -0.478 e. The first-order chi connectivity index (χ1) is 11.3. The molecule has 0 aromatic heterocycles. The molecule has 0 bridgehead atoms. The van der Waals surface area contributed by atoms with E-state index in [9.17, 15) is 4.79 Å². The van der Waals surface area contributed by atoms with Crippen LogP contribution in [0.15, 0.2) is 53.0 Å². The summed E-state index contributed by atoms with van der Waals surface area (Å²) < 4.78 is 6.86. The van der Waals surface area contributed by atoms with Gasteiger partial charge in [0.2, 0.25) is 0 Å². The van der Waals surface area contributed by atoms with Crippen molar-refractivity contribution in [2.45, 2.75) is 45.6 Å². The van der Waals surface area contributed by atoms with Crippen molar-refractivity contribution in [2.75, 3.05) is 5.32 Å². The second kappa shape index (κ2) is 7.84. The van der Waals surface area contributed by atoms with Crippen LogP contribution in [0.5, 0.6) is 5.75 Å². The molecule has 0 saturated carbocycles. The number of benzene rings is 2. The maximum atomic E-state index is 12.7. The van der Waals surface area contributed by atoms with Gasteiger partial charge in [-0.25, -0.2) is 0 Å². The summed E-state index contributed by atoms with van der Waals surface area (Å²) in [4.78, 5) is 12.7. The molecule has 3 nitrogen and oxygen atoms in total. The fraction of sp³-hybridized carbons (Fsp3) is 0.350. The van der Waals surface area contributed by atoms with E-state index in [-0.39, 0.29) is 5.91 Å². The molecule has 0 unspecified atom stereocenters. The predicted octanol–water partition coefficient (Wildman–Crippen LogP) is 5.76. The molecule has 0 aliphatic heterocycles. The largest absolute Gasteiger partial charge is 0.478 e. The lowest BCUT2D eigenvalue weighted by atomic mass is 9.96. The third kappa shape index (κ3) is 4.60. The Bertz CT molecular complexity index is 695. The first kappa shape index (κ1) is 18.5. The standard InChI is InChI=1S/C20H24BrNO2/c1-5-14(2)17-8-6-7-9-18(17)22-19(23)20(3,4)24-16-12-10-15(21)11-13-16/h6-14H,5H2,1-4H3,(H,22,23)/t14-/m1/s1. The number of hydrogen-bond acceptors (Lipinski definition) is 2. The molecule has 2 aromatic rings. The Labute approximate surface area is 152 Å². The number of carbonyl (C=O) groups excluding carboxylic acids is 1. The van der Waals surface area contributed by atoms with E-state index in [1.165, 1.54) is 0 Å². The highest BCUT2D eigenvalue weighted by atomic mass is 79.9. The summed E-state index contributed by atoms with van der Waals surface area (Å²) in [5.74, 6) is 0.881. The van der Waals surface area contributed by atoms with E-state index in [2.05, 4.69) is 41.2 Å². The van der Waals surface area contributed by atoms with Crippen LogP contribution < -0.4 is 10.1 Å². The van der Waals surface area contributed by atoms with Crippen LogP contribution in [-0.4, -0.2) is 11.5 Å². The molecule has 1 N–H and O–H groups in total. The number of ether oxygens (including phenoxy) is 1. The van der Waals surface area contributed by atoms with Crippen molar-refractivity contribution < 1.29 is 9.53 Å². The SMILES string of the molecule is CC[C@@H](C)c1ccccc1NC(=O)C(C)(C)Oc1ccc(Br)cc1. The molecule has 2 rings (SSSR count). The summed E-state index contributed by atoms with van der Waals surface area (Å²) in [5.41, 5.74) is 1.02. The number of anilines is 1. The van der Waals surface area contributed by atoms with Gasteiger partial charge in [0.15, 0.2) is 5.60 Å². The van der Waals surface area contributed by atoms with Crippen molar-refractivity contribution >= 4 is 27.5 Å². The fourth-order valence-corrected chi connectivity index (χ4v) is 2.64. The minimum absolute atomic E-state index is 0.166. The van der Waals surface area contributed by atoms with E-state index in [1.54, 1.807) is 13.8 Å². The van der Waals surface area contributed by atoms with Crippen LogP contribution in [0.3, 0.4) is 0 Å². The van der Waals surface area contributed by atoms with E-state index in [4.69, 9.17) is 4.74 Å². The van der Waals surface area contributed by atoms with Gasteiger partial charge < -0.3 is 10.1 Å². The monoisotopic (exact) mass is 389 g/mol. The molecular formula is C20H24BrNO2. The zero-order valence-corrected chi connectivity index (χ0v) is 16.2.